The lowest BCUT2D eigenvalue weighted by atomic mass is 9.98. The normalized spacial score (nSPS) is 15.9. The predicted octanol–water partition coefficient (Wildman–Crippen LogP) is 9.11. The highest BCUT2D eigenvalue weighted by Gasteiger charge is 2.56. The molecular weight excluding hydrogens is 673 g/mol. The van der Waals surface area contributed by atoms with Crippen molar-refractivity contribution in [1.29, 1.82) is 0 Å². The molecule has 5 rings (SSSR count). The number of benzene rings is 4. The van der Waals surface area contributed by atoms with Crippen molar-refractivity contribution in [2.24, 2.45) is 0 Å². The van der Waals surface area contributed by atoms with Gasteiger partial charge >= 0.3 is 5.97 Å². The highest BCUT2D eigenvalue weighted by Crippen LogP contribution is 2.42. The second kappa shape index (κ2) is 17.1. The zero-order valence-corrected chi connectivity index (χ0v) is 34.6. The maximum Gasteiger partial charge on any atom is 0.334 e. The maximum atomic E-state index is 13.9. The topological polar surface area (TPSA) is 44.8 Å². The number of carbonyl (C=O) groups is 1. The summed E-state index contributed by atoms with van der Waals surface area (Å²) in [5, 5.41) is 4.34. The first-order chi connectivity index (χ1) is 24.9. The van der Waals surface area contributed by atoms with Gasteiger partial charge in [0.2, 0.25) is 0 Å². The Morgan fingerprint density at radius 3 is 1.31 bits per heavy atom. The van der Waals surface area contributed by atoms with Gasteiger partial charge in [-0.2, -0.15) is 0 Å². The van der Waals surface area contributed by atoms with Crippen LogP contribution in [0.1, 0.15) is 93.4 Å². The van der Waals surface area contributed by atoms with E-state index in [1.165, 1.54) is 46.4 Å². The van der Waals surface area contributed by atoms with Crippen molar-refractivity contribution in [3.8, 4) is 0 Å². The van der Waals surface area contributed by atoms with Crippen LogP contribution >= 0.6 is 0 Å². The number of allylic oxidation sites excluding steroid dienone is 1. The molecule has 1 heterocycles. The van der Waals surface area contributed by atoms with Crippen LogP contribution in [0.5, 0.6) is 0 Å². The van der Waals surface area contributed by atoms with E-state index >= 15 is 0 Å². The van der Waals surface area contributed by atoms with Gasteiger partial charge in [-0.15, -0.1) is 0 Å². The fourth-order valence-corrected chi connectivity index (χ4v) is 17.4. The van der Waals surface area contributed by atoms with E-state index in [2.05, 4.69) is 176 Å². The molecule has 0 spiro atoms. The molecule has 0 amide bonds. The van der Waals surface area contributed by atoms with E-state index in [1.807, 2.05) is 0 Å². The lowest BCUT2D eigenvalue weighted by Gasteiger charge is -2.46. The van der Waals surface area contributed by atoms with Gasteiger partial charge in [0.1, 0.15) is 0 Å². The molecule has 1 aliphatic heterocycles. The minimum absolute atomic E-state index is 0.227. The van der Waals surface area contributed by atoms with Crippen molar-refractivity contribution in [1.82, 2.24) is 0 Å². The number of hydrogen-bond donors (Lipinski definition) is 0. The van der Waals surface area contributed by atoms with Crippen molar-refractivity contribution in [2.45, 2.75) is 109 Å². The van der Waals surface area contributed by atoms with E-state index in [9.17, 15) is 4.79 Å². The lowest BCUT2D eigenvalue weighted by Crippen LogP contribution is -2.69. The van der Waals surface area contributed by atoms with Gasteiger partial charge < -0.3 is 13.6 Å². The van der Waals surface area contributed by atoms with Crippen LogP contribution in [0.2, 0.25) is 10.1 Å². The molecule has 0 atom stereocenters. The summed E-state index contributed by atoms with van der Waals surface area (Å²) in [5.74, 6) is -0.245. The minimum Gasteiger partial charge on any atom is -0.451 e. The minimum atomic E-state index is -2.95. The molecule has 4 aromatic rings. The molecule has 276 valence electrons. The molecule has 52 heavy (non-hydrogen) atoms. The van der Waals surface area contributed by atoms with Gasteiger partial charge in [-0.05, 0) is 43.7 Å². The van der Waals surface area contributed by atoms with Gasteiger partial charge in [-0.3, -0.25) is 0 Å². The average molecular weight is 733 g/mol. The Bertz CT molecular complexity index is 1540. The largest absolute Gasteiger partial charge is 0.451 e. The molecule has 0 aromatic heterocycles. The van der Waals surface area contributed by atoms with Crippen molar-refractivity contribution in [3.63, 3.8) is 0 Å². The van der Waals surface area contributed by atoms with E-state index in [4.69, 9.17) is 13.6 Å². The van der Waals surface area contributed by atoms with Crippen LogP contribution in [0.3, 0.4) is 0 Å². The number of hydrogen-bond acceptors (Lipinski definition) is 4. The Morgan fingerprint density at radius 1 is 0.596 bits per heavy atom. The zero-order chi connectivity index (χ0) is 37.3. The molecule has 4 aromatic carbocycles. The second-order valence-corrected chi connectivity index (χ2v) is 25.2. The third kappa shape index (κ3) is 8.47. The quantitative estimate of drug-likeness (QED) is 0.0499. The first-order valence-corrected chi connectivity index (χ1v) is 23.1. The highest BCUT2D eigenvalue weighted by atomic mass is 28.4. The number of unbranched alkanes of at least 4 members (excludes halogenated alkanes) is 5. The van der Waals surface area contributed by atoms with Crippen molar-refractivity contribution < 1.29 is 18.4 Å². The Kier molecular flexibility index (Phi) is 13.0. The maximum absolute atomic E-state index is 13.9. The summed E-state index contributed by atoms with van der Waals surface area (Å²) in [5.41, 5.74) is -0.252. The number of carbonyl (C=O) groups excluding carboxylic acids is 1. The van der Waals surface area contributed by atoms with Gasteiger partial charge in [-0.25, -0.2) is 4.79 Å². The van der Waals surface area contributed by atoms with Gasteiger partial charge in [0.05, 0.1) is 13.2 Å². The van der Waals surface area contributed by atoms with Crippen molar-refractivity contribution in [3.05, 3.63) is 133 Å². The third-order valence-electron chi connectivity index (χ3n) is 10.7. The van der Waals surface area contributed by atoms with Crippen LogP contribution in [0.25, 0.3) is 0 Å². The molecule has 1 saturated heterocycles. The molecular formula is C46H60O4Si2. The zero-order valence-electron chi connectivity index (χ0n) is 32.6. The summed E-state index contributed by atoms with van der Waals surface area (Å²) in [7, 11) is -5.89. The summed E-state index contributed by atoms with van der Waals surface area (Å²) in [6.07, 6.45) is 9.39. The van der Waals surface area contributed by atoms with Crippen LogP contribution in [0.15, 0.2) is 133 Å². The molecule has 0 unspecified atom stereocenters. The standard InChI is InChI=1S/C46H60O4Si2/c1-8-9-10-11-12-17-26-38-35-46(50-43(38)47,36-48-51(44(2,3)4,39-27-18-13-19-28-39)40-29-20-14-21-30-40)37-49-52(45(5,6)7,41-31-22-15-23-32-41)42-33-24-16-25-34-42/h13-16,18-34H,8-12,17,35-37H2,1-7H3/b38-26+. The van der Waals surface area contributed by atoms with Crippen LogP contribution in [-0.4, -0.2) is 41.4 Å². The lowest BCUT2D eigenvalue weighted by molar-refractivity contribution is -0.152. The summed E-state index contributed by atoms with van der Waals surface area (Å²) >= 11 is 0. The second-order valence-electron chi connectivity index (χ2n) is 16.6. The molecule has 1 fully saturated rings. The van der Waals surface area contributed by atoms with E-state index in [1.54, 1.807) is 0 Å². The van der Waals surface area contributed by atoms with E-state index in [0.717, 1.165) is 18.4 Å². The molecule has 4 nitrogen and oxygen atoms in total. The summed E-state index contributed by atoms with van der Waals surface area (Å²) in [6, 6.07) is 42.8. The molecule has 0 radical (unpaired) electrons. The molecule has 0 aliphatic carbocycles. The Labute approximate surface area is 315 Å². The van der Waals surface area contributed by atoms with Gasteiger partial charge in [0.15, 0.2) is 5.60 Å². The summed E-state index contributed by atoms with van der Waals surface area (Å²) in [6.45, 7) is 16.4. The summed E-state index contributed by atoms with van der Waals surface area (Å²) < 4.78 is 21.7. The first-order valence-electron chi connectivity index (χ1n) is 19.3. The summed E-state index contributed by atoms with van der Waals surface area (Å²) in [4.78, 5) is 13.9. The molecule has 0 bridgehead atoms. The Morgan fingerprint density at radius 2 is 0.962 bits per heavy atom. The Balaban J connectivity index is 1.60. The van der Waals surface area contributed by atoms with Crippen LogP contribution in [0, 0.1) is 0 Å². The average Bonchev–Trinajstić information content (AvgIpc) is 3.45. The molecule has 6 heteroatoms. The highest BCUT2D eigenvalue weighted by molar-refractivity contribution is 7.00. The van der Waals surface area contributed by atoms with E-state index < -0.39 is 22.2 Å². The third-order valence-corrected chi connectivity index (χ3v) is 20.7. The van der Waals surface area contributed by atoms with Crippen LogP contribution < -0.4 is 20.7 Å². The monoisotopic (exact) mass is 732 g/mol. The number of rotatable bonds is 16. The van der Waals surface area contributed by atoms with E-state index in [-0.39, 0.29) is 29.3 Å². The van der Waals surface area contributed by atoms with Gasteiger partial charge in [-0.1, -0.05) is 202 Å². The molecule has 0 saturated carbocycles. The van der Waals surface area contributed by atoms with Crippen LogP contribution in [-0.2, 0) is 18.4 Å². The van der Waals surface area contributed by atoms with Gasteiger partial charge in [0.25, 0.3) is 16.6 Å². The van der Waals surface area contributed by atoms with Crippen molar-refractivity contribution >= 4 is 43.4 Å². The smallest absolute Gasteiger partial charge is 0.334 e. The molecule has 1 aliphatic rings. The van der Waals surface area contributed by atoms with E-state index in [0.29, 0.717) is 6.42 Å². The predicted molar refractivity (Wildman–Crippen MR) is 222 cm³/mol. The van der Waals surface area contributed by atoms with Crippen molar-refractivity contribution in [2.75, 3.05) is 13.2 Å². The fraction of sp³-hybridized carbons (Fsp3) is 0.413. The number of ether oxygens (including phenoxy) is 1. The van der Waals surface area contributed by atoms with Gasteiger partial charge in [0, 0.05) is 12.0 Å². The number of esters is 1. The fourth-order valence-electron chi connectivity index (χ4n) is 8.10. The SMILES string of the molecule is CCCCCCC/C=C1\CC(CO[Si](c2ccccc2)(c2ccccc2)C(C)(C)C)(CO[Si](c2ccccc2)(c2ccccc2)C(C)(C)C)OC1=O. The first kappa shape index (κ1) is 39.6. The number of cyclic esters (lactones) is 1. The molecule has 0 N–H and O–H groups in total. The van der Waals surface area contributed by atoms with Crippen LogP contribution in [0.4, 0.5) is 0 Å². The Hall–Kier alpha value is -3.56.